The van der Waals surface area contributed by atoms with Gasteiger partial charge in [-0.1, -0.05) is 26.8 Å². The van der Waals surface area contributed by atoms with Crippen molar-refractivity contribution in [3.63, 3.8) is 0 Å². The Kier molecular flexibility index (Phi) is 5.64. The summed E-state index contributed by atoms with van der Waals surface area (Å²) in [6.07, 6.45) is 1.83. The van der Waals surface area contributed by atoms with Crippen LogP contribution < -0.4 is 5.69 Å². The van der Waals surface area contributed by atoms with Crippen molar-refractivity contribution in [2.24, 2.45) is 12.5 Å². The van der Waals surface area contributed by atoms with Crippen LogP contribution in [0.3, 0.4) is 0 Å². The summed E-state index contributed by atoms with van der Waals surface area (Å²) in [6, 6.07) is 12.9. The van der Waals surface area contributed by atoms with Gasteiger partial charge in [0.1, 0.15) is 0 Å². The van der Waals surface area contributed by atoms with Crippen molar-refractivity contribution < 1.29 is 4.79 Å². The van der Waals surface area contributed by atoms with E-state index in [0.717, 1.165) is 24.1 Å². The number of piperidine rings is 1. The number of pyridine rings is 1. The monoisotopic (exact) mass is 431 g/mol. The van der Waals surface area contributed by atoms with E-state index < -0.39 is 0 Å². The number of hydrogen-bond acceptors (Lipinski definition) is 4. The van der Waals surface area contributed by atoms with Gasteiger partial charge in [-0.15, -0.1) is 0 Å². The largest absolute Gasteiger partial charge is 0.338 e. The molecule has 3 heterocycles. The molecule has 1 fully saturated rings. The van der Waals surface area contributed by atoms with E-state index in [-0.39, 0.29) is 22.9 Å². The van der Waals surface area contributed by atoms with Gasteiger partial charge >= 0.3 is 5.69 Å². The second-order valence-corrected chi connectivity index (χ2v) is 9.85. The number of imidazole rings is 1. The van der Waals surface area contributed by atoms with E-state index >= 15 is 0 Å². The molecule has 1 atom stereocenters. The highest BCUT2D eigenvalue weighted by Gasteiger charge is 2.27. The molecule has 7 heteroatoms. The number of nitriles is 1. The summed E-state index contributed by atoms with van der Waals surface area (Å²) < 4.78 is 3.41. The first-order chi connectivity index (χ1) is 15.2. The van der Waals surface area contributed by atoms with Gasteiger partial charge in [0.25, 0.3) is 5.91 Å². The second-order valence-electron chi connectivity index (χ2n) is 9.85. The van der Waals surface area contributed by atoms with Gasteiger partial charge in [-0.05, 0) is 48.6 Å². The molecule has 0 aliphatic carbocycles. The predicted molar refractivity (Wildman–Crippen MR) is 123 cm³/mol. The van der Waals surface area contributed by atoms with Crippen LogP contribution >= 0.6 is 0 Å². The van der Waals surface area contributed by atoms with Crippen molar-refractivity contribution in [2.75, 3.05) is 13.1 Å². The number of aryl methyl sites for hydroxylation is 1. The molecule has 0 spiro atoms. The standard InChI is InChI=1S/C25H29N5O2/c1-25(2,3)16-30-21-11-10-20(27-22(21)28(4)24(30)32)19-9-6-12-29(15-19)23(31)18-8-5-7-17(13-18)14-26/h5,7-8,10-11,13,19H,6,9,12,15-16H2,1-4H3. The molecule has 1 saturated heterocycles. The maximum Gasteiger partial charge on any atom is 0.330 e. The highest BCUT2D eigenvalue weighted by molar-refractivity contribution is 5.94. The molecule has 0 N–H and O–H groups in total. The van der Waals surface area contributed by atoms with E-state index in [0.29, 0.717) is 36.4 Å². The van der Waals surface area contributed by atoms with Crippen LogP contribution in [0.4, 0.5) is 0 Å². The third-order valence-electron chi connectivity index (χ3n) is 6.00. The lowest BCUT2D eigenvalue weighted by molar-refractivity contribution is 0.0706. The highest BCUT2D eigenvalue weighted by Crippen LogP contribution is 2.28. The SMILES string of the molecule is Cn1c(=O)n(CC(C)(C)C)c2ccc(C3CCCN(C(=O)c4cccc(C#N)c4)C3)nc21. The first-order valence-electron chi connectivity index (χ1n) is 11.0. The highest BCUT2D eigenvalue weighted by atomic mass is 16.2. The van der Waals surface area contributed by atoms with Crippen LogP contribution in [0.2, 0.25) is 0 Å². The molecule has 0 saturated carbocycles. The fraction of sp³-hybridized carbons (Fsp3) is 0.440. The molecule has 1 unspecified atom stereocenters. The molecular formula is C25H29N5O2. The predicted octanol–water partition coefficient (Wildman–Crippen LogP) is 3.67. The Balaban J connectivity index is 1.61. The van der Waals surface area contributed by atoms with Gasteiger partial charge in [0.2, 0.25) is 0 Å². The van der Waals surface area contributed by atoms with E-state index in [1.807, 2.05) is 17.0 Å². The Morgan fingerprint density at radius 2 is 2.03 bits per heavy atom. The third kappa shape index (κ3) is 4.18. The van der Waals surface area contributed by atoms with Gasteiger partial charge in [0.05, 0.1) is 17.1 Å². The molecule has 0 radical (unpaired) electrons. The summed E-state index contributed by atoms with van der Waals surface area (Å²) >= 11 is 0. The number of benzene rings is 1. The van der Waals surface area contributed by atoms with Gasteiger partial charge in [-0.3, -0.25) is 13.9 Å². The van der Waals surface area contributed by atoms with Gasteiger partial charge in [-0.2, -0.15) is 5.26 Å². The topological polar surface area (TPSA) is 83.9 Å². The fourth-order valence-electron chi connectivity index (χ4n) is 4.45. The van der Waals surface area contributed by atoms with Crippen molar-refractivity contribution >= 4 is 17.1 Å². The normalized spacial score (nSPS) is 16.8. The molecule has 32 heavy (non-hydrogen) atoms. The minimum absolute atomic E-state index is 0.0239. The average Bonchev–Trinajstić information content (AvgIpc) is 3.02. The van der Waals surface area contributed by atoms with Crippen molar-refractivity contribution in [1.82, 2.24) is 19.0 Å². The minimum Gasteiger partial charge on any atom is -0.338 e. The number of hydrogen-bond donors (Lipinski definition) is 0. The lowest BCUT2D eigenvalue weighted by Crippen LogP contribution is -2.39. The Hall–Kier alpha value is -3.40. The first kappa shape index (κ1) is 21.8. The van der Waals surface area contributed by atoms with Gasteiger partial charge in [-0.25, -0.2) is 9.78 Å². The second kappa shape index (κ2) is 8.27. The van der Waals surface area contributed by atoms with E-state index in [4.69, 9.17) is 10.2 Å². The smallest absolute Gasteiger partial charge is 0.330 e. The lowest BCUT2D eigenvalue weighted by atomic mass is 9.93. The molecule has 7 nitrogen and oxygen atoms in total. The van der Waals surface area contributed by atoms with Crippen molar-refractivity contribution in [2.45, 2.75) is 46.1 Å². The summed E-state index contributed by atoms with van der Waals surface area (Å²) in [5, 5.41) is 9.13. The lowest BCUT2D eigenvalue weighted by Gasteiger charge is -2.32. The Morgan fingerprint density at radius 1 is 1.25 bits per heavy atom. The average molecular weight is 432 g/mol. The van der Waals surface area contributed by atoms with Crippen LogP contribution in [-0.2, 0) is 13.6 Å². The van der Waals surface area contributed by atoms with E-state index in [2.05, 4.69) is 26.8 Å². The summed E-state index contributed by atoms with van der Waals surface area (Å²) in [5.41, 5.74) is 3.37. The van der Waals surface area contributed by atoms with E-state index in [1.54, 1.807) is 40.4 Å². The molecule has 166 valence electrons. The maximum atomic E-state index is 13.0. The number of fused-ring (bicyclic) bond motifs is 1. The molecule has 1 amide bonds. The zero-order valence-corrected chi connectivity index (χ0v) is 19.1. The Morgan fingerprint density at radius 3 is 2.75 bits per heavy atom. The number of nitrogens with zero attached hydrogens (tertiary/aromatic N) is 5. The Bertz CT molecular complexity index is 1270. The number of likely N-dealkylation sites (tertiary alicyclic amines) is 1. The van der Waals surface area contributed by atoms with Crippen molar-refractivity contribution in [3.05, 3.63) is 63.7 Å². The maximum absolute atomic E-state index is 13.0. The molecule has 1 aromatic carbocycles. The summed E-state index contributed by atoms with van der Waals surface area (Å²) in [7, 11) is 1.76. The number of carbonyl (C=O) groups is 1. The van der Waals surface area contributed by atoms with Gasteiger partial charge in [0, 0.05) is 43.9 Å². The fourth-order valence-corrected chi connectivity index (χ4v) is 4.45. The molecule has 0 bridgehead atoms. The molecule has 1 aliphatic rings. The van der Waals surface area contributed by atoms with Crippen LogP contribution in [-0.4, -0.2) is 38.0 Å². The van der Waals surface area contributed by atoms with Gasteiger partial charge < -0.3 is 4.90 Å². The molecule has 2 aromatic heterocycles. The molecule has 1 aliphatic heterocycles. The van der Waals surface area contributed by atoms with Gasteiger partial charge in [0.15, 0.2) is 5.65 Å². The minimum atomic E-state index is -0.0587. The van der Waals surface area contributed by atoms with Crippen LogP contribution in [0.25, 0.3) is 11.2 Å². The van der Waals surface area contributed by atoms with Crippen molar-refractivity contribution in [1.29, 1.82) is 5.26 Å². The summed E-state index contributed by atoms with van der Waals surface area (Å²) in [4.78, 5) is 32.6. The number of amides is 1. The molecule has 3 aromatic rings. The van der Waals surface area contributed by atoms with Crippen molar-refractivity contribution in [3.8, 4) is 6.07 Å². The van der Waals surface area contributed by atoms with Crippen LogP contribution in [0.5, 0.6) is 0 Å². The van der Waals surface area contributed by atoms with E-state index in [1.165, 1.54) is 0 Å². The molecule has 4 rings (SSSR count). The quantitative estimate of drug-likeness (QED) is 0.633. The van der Waals surface area contributed by atoms with E-state index in [9.17, 15) is 9.59 Å². The number of rotatable bonds is 3. The van der Waals surface area contributed by atoms with Crippen LogP contribution in [0.15, 0.2) is 41.2 Å². The number of carbonyl (C=O) groups excluding carboxylic acids is 1. The summed E-state index contributed by atoms with van der Waals surface area (Å²) in [6.45, 7) is 8.22. The first-order valence-corrected chi connectivity index (χ1v) is 11.0. The van der Waals surface area contributed by atoms with Crippen LogP contribution in [0.1, 0.15) is 61.1 Å². The number of aromatic nitrogens is 3. The summed E-state index contributed by atoms with van der Waals surface area (Å²) in [5.74, 6) is 0.0499. The third-order valence-corrected chi connectivity index (χ3v) is 6.00. The zero-order valence-electron chi connectivity index (χ0n) is 19.1. The van der Waals surface area contributed by atoms with Crippen LogP contribution in [0, 0.1) is 16.7 Å². The zero-order chi connectivity index (χ0) is 23.0. The Labute approximate surface area is 187 Å². The molecular weight excluding hydrogens is 402 g/mol.